The second-order valence-electron chi connectivity index (χ2n) is 5.31. The van der Waals surface area contributed by atoms with Crippen LogP contribution in [0, 0.1) is 5.92 Å². The average molecular weight is 315 g/mol. The van der Waals surface area contributed by atoms with Gasteiger partial charge in [-0.1, -0.05) is 12.8 Å². The lowest BCUT2D eigenvalue weighted by Crippen LogP contribution is -2.55. The molecule has 2 rings (SSSR count). The van der Waals surface area contributed by atoms with E-state index < -0.39 is 28.3 Å². The summed E-state index contributed by atoms with van der Waals surface area (Å²) >= 11 is 0. The summed E-state index contributed by atoms with van der Waals surface area (Å²) in [6, 6.07) is -1.04. The van der Waals surface area contributed by atoms with Crippen LogP contribution >= 0.6 is 0 Å². The largest absolute Gasteiger partial charge is 0.393 e. The van der Waals surface area contributed by atoms with Gasteiger partial charge in [-0.25, -0.2) is 0 Å². The molecule has 1 saturated heterocycles. The SMILES string of the molecule is O=S(=O)(NC1CCCCC1C(F)(F)F)N1CCNCC1. The van der Waals surface area contributed by atoms with Crippen LogP contribution in [0.4, 0.5) is 13.2 Å². The zero-order chi connectivity index (χ0) is 14.8. The number of piperazine rings is 1. The van der Waals surface area contributed by atoms with Crippen LogP contribution in [0.15, 0.2) is 0 Å². The zero-order valence-corrected chi connectivity index (χ0v) is 11.9. The minimum Gasteiger partial charge on any atom is -0.314 e. The van der Waals surface area contributed by atoms with E-state index in [0.717, 1.165) is 0 Å². The number of hydrogen-bond acceptors (Lipinski definition) is 3. The molecule has 2 atom stereocenters. The highest BCUT2D eigenvalue weighted by Crippen LogP contribution is 2.38. The normalized spacial score (nSPS) is 30.4. The third-order valence-corrected chi connectivity index (χ3v) is 5.55. The van der Waals surface area contributed by atoms with Crippen molar-refractivity contribution >= 4 is 10.2 Å². The van der Waals surface area contributed by atoms with E-state index in [1.165, 1.54) is 4.31 Å². The Bertz CT molecular complexity index is 421. The van der Waals surface area contributed by atoms with Gasteiger partial charge in [-0.2, -0.15) is 30.6 Å². The first-order valence-corrected chi connectivity index (χ1v) is 8.29. The maximum Gasteiger partial charge on any atom is 0.393 e. The maximum atomic E-state index is 13.0. The quantitative estimate of drug-likeness (QED) is 0.811. The third kappa shape index (κ3) is 3.84. The standard InChI is InChI=1S/C11H20F3N3O2S/c12-11(13,14)9-3-1-2-4-10(9)16-20(18,19)17-7-5-15-6-8-17/h9-10,15-16H,1-8H2. The molecule has 0 spiro atoms. The molecule has 20 heavy (non-hydrogen) atoms. The van der Waals surface area contributed by atoms with Crippen molar-refractivity contribution in [3.8, 4) is 0 Å². The van der Waals surface area contributed by atoms with Gasteiger partial charge in [0.15, 0.2) is 0 Å². The topological polar surface area (TPSA) is 61.4 Å². The van der Waals surface area contributed by atoms with Crippen LogP contribution in [-0.4, -0.2) is 51.1 Å². The Morgan fingerprint density at radius 2 is 1.70 bits per heavy atom. The number of nitrogens with one attached hydrogen (secondary N) is 2. The van der Waals surface area contributed by atoms with Gasteiger partial charge in [0.1, 0.15) is 0 Å². The molecule has 2 aliphatic rings. The van der Waals surface area contributed by atoms with Crippen LogP contribution in [-0.2, 0) is 10.2 Å². The Balaban J connectivity index is 2.05. The number of halogens is 3. The maximum absolute atomic E-state index is 13.0. The van der Waals surface area contributed by atoms with Gasteiger partial charge in [-0.05, 0) is 12.8 Å². The molecular weight excluding hydrogens is 295 g/mol. The number of rotatable bonds is 3. The summed E-state index contributed by atoms with van der Waals surface area (Å²) in [5.41, 5.74) is 0. The van der Waals surface area contributed by atoms with Gasteiger partial charge in [0.2, 0.25) is 0 Å². The minimum absolute atomic E-state index is 0.00174. The molecule has 0 aromatic rings. The van der Waals surface area contributed by atoms with Crippen LogP contribution < -0.4 is 10.0 Å². The Hall–Kier alpha value is -0.380. The molecule has 118 valence electrons. The molecule has 0 aromatic carbocycles. The Labute approximate surface area is 117 Å². The van der Waals surface area contributed by atoms with Crippen molar-refractivity contribution in [2.75, 3.05) is 26.2 Å². The summed E-state index contributed by atoms with van der Waals surface area (Å²) in [7, 11) is -3.83. The highest BCUT2D eigenvalue weighted by Gasteiger charge is 2.47. The van der Waals surface area contributed by atoms with Gasteiger partial charge in [0.25, 0.3) is 10.2 Å². The summed E-state index contributed by atoms with van der Waals surface area (Å²) < 4.78 is 66.6. The van der Waals surface area contributed by atoms with Crippen molar-refractivity contribution in [1.82, 2.24) is 14.3 Å². The molecule has 5 nitrogen and oxygen atoms in total. The highest BCUT2D eigenvalue weighted by molar-refractivity contribution is 7.87. The molecule has 1 saturated carbocycles. The van der Waals surface area contributed by atoms with E-state index in [9.17, 15) is 21.6 Å². The van der Waals surface area contributed by atoms with Gasteiger partial charge >= 0.3 is 6.18 Å². The Morgan fingerprint density at radius 1 is 1.10 bits per heavy atom. The van der Waals surface area contributed by atoms with E-state index in [4.69, 9.17) is 0 Å². The zero-order valence-electron chi connectivity index (χ0n) is 11.1. The Kier molecular flexibility index (Phi) is 4.93. The molecule has 2 N–H and O–H groups in total. The first kappa shape index (κ1) is 16.0. The fourth-order valence-corrected chi connectivity index (χ4v) is 4.29. The second-order valence-corrected chi connectivity index (χ2v) is 7.01. The van der Waals surface area contributed by atoms with E-state index >= 15 is 0 Å². The molecule has 1 heterocycles. The monoisotopic (exact) mass is 315 g/mol. The molecular formula is C11H20F3N3O2S. The van der Waals surface area contributed by atoms with E-state index in [2.05, 4.69) is 10.0 Å². The van der Waals surface area contributed by atoms with Crippen molar-refractivity contribution in [2.24, 2.45) is 5.92 Å². The van der Waals surface area contributed by atoms with Crippen molar-refractivity contribution in [2.45, 2.75) is 37.9 Å². The molecule has 0 aromatic heterocycles. The lowest BCUT2D eigenvalue weighted by molar-refractivity contribution is -0.187. The van der Waals surface area contributed by atoms with Crippen molar-refractivity contribution in [1.29, 1.82) is 0 Å². The molecule has 2 unspecified atom stereocenters. The van der Waals surface area contributed by atoms with Gasteiger partial charge in [-0.3, -0.25) is 0 Å². The molecule has 0 bridgehead atoms. The molecule has 2 fully saturated rings. The van der Waals surface area contributed by atoms with E-state index in [-0.39, 0.29) is 12.8 Å². The summed E-state index contributed by atoms with van der Waals surface area (Å²) in [4.78, 5) is 0. The van der Waals surface area contributed by atoms with Crippen LogP contribution in [0.1, 0.15) is 25.7 Å². The van der Waals surface area contributed by atoms with E-state index in [1.54, 1.807) is 0 Å². The second kappa shape index (κ2) is 6.17. The van der Waals surface area contributed by atoms with Crippen LogP contribution in [0.3, 0.4) is 0 Å². The summed E-state index contributed by atoms with van der Waals surface area (Å²) in [5.74, 6) is -1.58. The summed E-state index contributed by atoms with van der Waals surface area (Å²) in [6.45, 7) is 1.63. The molecule has 9 heteroatoms. The first-order chi connectivity index (χ1) is 9.31. The fourth-order valence-electron chi connectivity index (χ4n) is 2.81. The van der Waals surface area contributed by atoms with Gasteiger partial charge in [0.05, 0.1) is 5.92 Å². The summed E-state index contributed by atoms with van der Waals surface area (Å²) in [6.07, 6.45) is -2.98. The highest BCUT2D eigenvalue weighted by atomic mass is 32.2. The smallest absolute Gasteiger partial charge is 0.314 e. The predicted octanol–water partition coefficient (Wildman–Crippen LogP) is 0.847. The molecule has 0 radical (unpaired) electrons. The fraction of sp³-hybridized carbons (Fsp3) is 1.00. The van der Waals surface area contributed by atoms with E-state index in [0.29, 0.717) is 39.0 Å². The number of alkyl halides is 3. The Morgan fingerprint density at radius 3 is 2.30 bits per heavy atom. The number of hydrogen-bond donors (Lipinski definition) is 2. The molecule has 0 amide bonds. The predicted molar refractivity (Wildman–Crippen MR) is 68.3 cm³/mol. The van der Waals surface area contributed by atoms with Crippen LogP contribution in [0.25, 0.3) is 0 Å². The third-order valence-electron chi connectivity index (χ3n) is 3.90. The summed E-state index contributed by atoms with van der Waals surface area (Å²) in [5, 5.41) is 3.01. The van der Waals surface area contributed by atoms with Gasteiger partial charge < -0.3 is 5.32 Å². The molecule has 1 aliphatic heterocycles. The van der Waals surface area contributed by atoms with Gasteiger partial charge in [0, 0.05) is 32.2 Å². The average Bonchev–Trinajstić information content (AvgIpc) is 2.39. The minimum atomic E-state index is -4.35. The van der Waals surface area contributed by atoms with Crippen LogP contribution in [0.2, 0.25) is 0 Å². The van der Waals surface area contributed by atoms with E-state index in [1.807, 2.05) is 0 Å². The first-order valence-electron chi connectivity index (χ1n) is 6.85. The lowest BCUT2D eigenvalue weighted by atomic mass is 9.85. The lowest BCUT2D eigenvalue weighted by Gasteiger charge is -2.35. The number of nitrogens with zero attached hydrogens (tertiary/aromatic N) is 1. The van der Waals surface area contributed by atoms with Gasteiger partial charge in [-0.15, -0.1) is 0 Å². The van der Waals surface area contributed by atoms with Crippen molar-refractivity contribution in [3.05, 3.63) is 0 Å². The van der Waals surface area contributed by atoms with Crippen molar-refractivity contribution < 1.29 is 21.6 Å². The molecule has 1 aliphatic carbocycles. The van der Waals surface area contributed by atoms with Crippen molar-refractivity contribution in [3.63, 3.8) is 0 Å². The van der Waals surface area contributed by atoms with Crippen LogP contribution in [0.5, 0.6) is 0 Å².